The predicted octanol–water partition coefficient (Wildman–Crippen LogP) is 1.79. The fraction of sp³-hybridized carbons (Fsp3) is 0.455. The summed E-state index contributed by atoms with van der Waals surface area (Å²) >= 11 is 7.36. The number of hydrogen-bond donors (Lipinski definition) is 4. The highest BCUT2D eigenvalue weighted by Crippen LogP contribution is 2.67. The Labute approximate surface area is 199 Å². The van der Waals surface area contributed by atoms with Crippen molar-refractivity contribution in [3.8, 4) is 11.8 Å². The Morgan fingerprint density at radius 3 is 2.88 bits per heavy atom. The molecule has 0 radical (unpaired) electrons. The number of carbonyl (C=O) groups is 1. The number of halogens is 1. The van der Waals surface area contributed by atoms with Crippen molar-refractivity contribution >= 4 is 45.8 Å². The lowest BCUT2D eigenvalue weighted by Gasteiger charge is -2.23. The number of hydrogen-bond acceptors (Lipinski definition) is 8. The van der Waals surface area contributed by atoms with Crippen molar-refractivity contribution < 1.29 is 15.0 Å². The Kier molecular flexibility index (Phi) is 5.53. The van der Waals surface area contributed by atoms with Crippen LogP contribution in [0.5, 0.6) is 0 Å². The molecule has 5 atom stereocenters. The minimum atomic E-state index is -1.16. The molecule has 2 fully saturated rings. The summed E-state index contributed by atoms with van der Waals surface area (Å²) in [5, 5.41) is 27.5. The summed E-state index contributed by atoms with van der Waals surface area (Å²) in [6.45, 7) is 2.74. The van der Waals surface area contributed by atoms with Gasteiger partial charge in [-0.3, -0.25) is 4.79 Å². The van der Waals surface area contributed by atoms with Crippen molar-refractivity contribution in [1.29, 1.82) is 0 Å². The maximum atomic E-state index is 12.5. The number of fused-ring (bicyclic) bond motifs is 2. The van der Waals surface area contributed by atoms with E-state index in [2.05, 4.69) is 37.4 Å². The second-order valence-electron chi connectivity index (χ2n) is 8.36. The number of aromatic nitrogens is 4. The topological polar surface area (TPSA) is 125 Å². The van der Waals surface area contributed by atoms with Gasteiger partial charge in [0.05, 0.1) is 33.1 Å². The second kappa shape index (κ2) is 8.25. The molecule has 2 aliphatic carbocycles. The summed E-state index contributed by atoms with van der Waals surface area (Å²) in [4.78, 5) is 27.0. The number of aliphatic hydroxyl groups is 2. The van der Waals surface area contributed by atoms with Crippen molar-refractivity contribution in [1.82, 2.24) is 24.8 Å². The fourth-order valence-electron chi connectivity index (χ4n) is 4.84. The van der Waals surface area contributed by atoms with Gasteiger partial charge in [-0.25, -0.2) is 15.0 Å². The Morgan fingerprint density at radius 2 is 2.18 bits per heavy atom. The lowest BCUT2D eigenvalue weighted by atomic mass is 9.98. The average Bonchev–Trinajstić information content (AvgIpc) is 3.06. The Bertz CT molecular complexity index is 1300. The summed E-state index contributed by atoms with van der Waals surface area (Å²) in [5.74, 6) is 6.40. The maximum Gasteiger partial charge on any atom is 0.229 e. The van der Waals surface area contributed by atoms with Crippen LogP contribution in [-0.4, -0.2) is 61.4 Å². The van der Waals surface area contributed by atoms with E-state index in [0.717, 1.165) is 11.3 Å². The zero-order valence-electron chi connectivity index (χ0n) is 18.0. The smallest absolute Gasteiger partial charge is 0.229 e. The molecular formula is C22H23ClN6O3S. The van der Waals surface area contributed by atoms with Gasteiger partial charge in [-0.05, 0) is 36.8 Å². The highest BCUT2D eigenvalue weighted by molar-refractivity contribution is 7.16. The van der Waals surface area contributed by atoms with Crippen LogP contribution < -0.4 is 10.6 Å². The van der Waals surface area contributed by atoms with Crippen LogP contribution >= 0.6 is 22.9 Å². The quantitative estimate of drug-likeness (QED) is 0.405. The monoisotopic (exact) mass is 486 g/mol. The highest BCUT2D eigenvalue weighted by atomic mass is 35.5. The van der Waals surface area contributed by atoms with Gasteiger partial charge < -0.3 is 25.4 Å². The van der Waals surface area contributed by atoms with Crippen LogP contribution in [0.1, 0.15) is 36.5 Å². The minimum absolute atomic E-state index is 0.218. The fourth-order valence-corrected chi connectivity index (χ4v) is 5.74. The molecule has 0 bridgehead atoms. The van der Waals surface area contributed by atoms with Gasteiger partial charge in [0.25, 0.3) is 0 Å². The minimum Gasteiger partial charge on any atom is -0.389 e. The number of nitrogens with one attached hydrogen (secondary N) is 2. The van der Waals surface area contributed by atoms with Crippen molar-refractivity contribution in [2.45, 2.75) is 38.0 Å². The van der Waals surface area contributed by atoms with E-state index in [-0.39, 0.29) is 11.8 Å². The van der Waals surface area contributed by atoms with E-state index in [4.69, 9.17) is 11.6 Å². The molecule has 0 saturated heterocycles. The van der Waals surface area contributed by atoms with Gasteiger partial charge in [-0.2, -0.15) is 0 Å². The van der Waals surface area contributed by atoms with Crippen molar-refractivity contribution in [2.24, 2.45) is 11.3 Å². The van der Waals surface area contributed by atoms with Crippen molar-refractivity contribution in [2.75, 3.05) is 18.9 Å². The van der Waals surface area contributed by atoms with Gasteiger partial charge in [0.2, 0.25) is 11.7 Å². The molecule has 5 rings (SSSR count). The number of thiophene rings is 1. The normalized spacial score (nSPS) is 27.7. The summed E-state index contributed by atoms with van der Waals surface area (Å²) in [5.41, 5.74) is 0.0632. The lowest BCUT2D eigenvalue weighted by molar-refractivity contribution is -0.132. The molecule has 2 aliphatic rings. The molecule has 1 amide bonds. The molecule has 3 aromatic heterocycles. The van der Waals surface area contributed by atoms with Crippen LogP contribution in [-0.2, 0) is 4.79 Å². The molecule has 0 spiro atoms. The van der Waals surface area contributed by atoms with Crippen molar-refractivity contribution in [3.05, 3.63) is 33.5 Å². The summed E-state index contributed by atoms with van der Waals surface area (Å²) in [6.07, 6.45) is 0.694. The lowest BCUT2D eigenvalue weighted by Crippen LogP contribution is -2.41. The molecule has 3 aromatic rings. The third-order valence-electron chi connectivity index (χ3n) is 6.48. The summed E-state index contributed by atoms with van der Waals surface area (Å²) < 4.78 is 2.40. The van der Waals surface area contributed by atoms with Crippen LogP contribution in [0.4, 0.5) is 5.82 Å². The van der Waals surface area contributed by atoms with E-state index in [1.165, 1.54) is 18.4 Å². The molecule has 33 heavy (non-hydrogen) atoms. The van der Waals surface area contributed by atoms with Crippen LogP contribution in [0.3, 0.4) is 0 Å². The zero-order valence-corrected chi connectivity index (χ0v) is 19.6. The van der Waals surface area contributed by atoms with E-state index >= 15 is 0 Å². The van der Waals surface area contributed by atoms with Gasteiger partial charge in [-0.15, -0.1) is 11.3 Å². The van der Waals surface area contributed by atoms with E-state index < -0.39 is 23.7 Å². The third kappa shape index (κ3) is 3.47. The summed E-state index contributed by atoms with van der Waals surface area (Å²) in [7, 11) is 1.54. The summed E-state index contributed by atoms with van der Waals surface area (Å²) in [6, 6.07) is 3.08. The molecule has 0 aromatic carbocycles. The first-order chi connectivity index (χ1) is 15.9. The molecule has 172 valence electrons. The van der Waals surface area contributed by atoms with E-state index in [1.54, 1.807) is 17.0 Å². The largest absolute Gasteiger partial charge is 0.389 e. The number of amides is 1. The zero-order chi connectivity index (χ0) is 23.3. The average molecular weight is 487 g/mol. The molecule has 0 unspecified atom stereocenters. The first-order valence-electron chi connectivity index (χ1n) is 10.7. The number of anilines is 1. The molecule has 0 aliphatic heterocycles. The van der Waals surface area contributed by atoms with Gasteiger partial charge >= 0.3 is 0 Å². The van der Waals surface area contributed by atoms with E-state index in [0.29, 0.717) is 40.1 Å². The van der Waals surface area contributed by atoms with E-state index in [1.807, 2.05) is 13.0 Å². The second-order valence-corrected chi connectivity index (χ2v) is 10.1. The molecule has 4 N–H and O–H groups in total. The van der Waals surface area contributed by atoms with Gasteiger partial charge in [0.15, 0.2) is 17.0 Å². The number of nitrogens with zero attached hydrogens (tertiary/aromatic N) is 4. The third-order valence-corrected chi connectivity index (χ3v) is 7.62. The first kappa shape index (κ1) is 22.1. The van der Waals surface area contributed by atoms with Crippen LogP contribution in [0.15, 0.2) is 18.5 Å². The predicted molar refractivity (Wildman–Crippen MR) is 125 cm³/mol. The first-order valence-corrected chi connectivity index (χ1v) is 11.9. The van der Waals surface area contributed by atoms with Gasteiger partial charge in [-0.1, -0.05) is 18.5 Å². The van der Waals surface area contributed by atoms with Crippen LogP contribution in [0, 0.1) is 23.2 Å². The molecule has 2 saturated carbocycles. The number of imidazole rings is 1. The number of rotatable bonds is 5. The SMILES string of the molecule is CCCNc1nc(C#Cc2ccc(Cl)s2)nc2c1ncn2[C@H]1[C@H](O)[C@H](O)[C@@]2(C(=O)NC)C[C@H]12. The van der Waals surface area contributed by atoms with Gasteiger partial charge in [0, 0.05) is 19.5 Å². The molecule has 3 heterocycles. The number of carbonyl (C=O) groups excluding carboxylic acids is 1. The molecule has 11 heteroatoms. The highest BCUT2D eigenvalue weighted by Gasteiger charge is 2.75. The Hall–Kier alpha value is -2.71. The Balaban J connectivity index is 1.58. The number of aliphatic hydroxyl groups excluding tert-OH is 2. The standard InChI is InChI=1S/C22H23ClN6O3S/c1-3-8-25-19-15-20(28-14(27-19)7-5-11-4-6-13(23)33-11)29(10-26-15)16-12-9-22(12,21(32)24-2)18(31)17(16)30/h4,6,10,12,16-18,30-31H,3,8-9H2,1-2H3,(H,24,32)(H,25,27,28)/t12-,16-,17+,18+,22-/m1/s1. The molecular weight excluding hydrogens is 464 g/mol. The maximum absolute atomic E-state index is 12.5. The van der Waals surface area contributed by atoms with Crippen LogP contribution in [0.2, 0.25) is 4.34 Å². The van der Waals surface area contributed by atoms with Crippen molar-refractivity contribution in [3.63, 3.8) is 0 Å². The van der Waals surface area contributed by atoms with E-state index in [9.17, 15) is 15.0 Å². The Morgan fingerprint density at radius 1 is 1.36 bits per heavy atom. The molecule has 9 nitrogen and oxygen atoms in total. The van der Waals surface area contributed by atoms with Gasteiger partial charge in [0.1, 0.15) is 6.10 Å². The van der Waals surface area contributed by atoms with Crippen LogP contribution in [0.25, 0.3) is 11.2 Å².